The molecule has 1 saturated carbocycles. The van der Waals surface area contributed by atoms with Gasteiger partial charge in [0.15, 0.2) is 11.6 Å². The number of amides is 3. The Hall–Kier alpha value is -5.52. The van der Waals surface area contributed by atoms with E-state index >= 15 is 0 Å². The van der Waals surface area contributed by atoms with Crippen molar-refractivity contribution in [3.63, 3.8) is 0 Å². The fourth-order valence-electron chi connectivity index (χ4n) is 8.45. The van der Waals surface area contributed by atoms with Crippen molar-refractivity contribution in [3.05, 3.63) is 113 Å². The summed E-state index contributed by atoms with van der Waals surface area (Å²) in [5.41, 5.74) is -0.595. The number of fused-ring (bicyclic) bond motifs is 4. The Morgan fingerprint density at radius 3 is 2.24 bits per heavy atom. The van der Waals surface area contributed by atoms with Gasteiger partial charge in [-0.1, -0.05) is 72.3 Å². The molecule has 0 spiro atoms. The minimum absolute atomic E-state index is 0.0483. The lowest BCUT2D eigenvalue weighted by molar-refractivity contribution is -0.274. The molecule has 0 bridgehead atoms. The first-order valence-corrected chi connectivity index (χ1v) is 15.5. The lowest BCUT2D eigenvalue weighted by Gasteiger charge is -2.55. The second kappa shape index (κ2) is 11.6. The number of phenols is 1. The third-order valence-corrected chi connectivity index (χ3v) is 10.3. The molecule has 7 rings (SSSR count). The lowest BCUT2D eigenvalue weighted by Crippen LogP contribution is -2.58. The molecule has 1 aliphatic heterocycles. The zero-order valence-corrected chi connectivity index (χ0v) is 25.8. The number of methoxy groups -OCH3 is 1. The summed E-state index contributed by atoms with van der Waals surface area (Å²) >= 11 is 0. The third kappa shape index (κ3) is 4.88. The van der Waals surface area contributed by atoms with Crippen molar-refractivity contribution in [1.29, 1.82) is 0 Å². The van der Waals surface area contributed by atoms with E-state index in [1.165, 1.54) is 6.08 Å². The number of ketones is 2. The molecule has 0 radical (unpaired) electrons. The fraction of sp³-hybridized carbons (Fsp3) is 0.270. The molecule has 6 unspecified atom stereocenters. The normalized spacial score (nSPS) is 27.8. The van der Waals surface area contributed by atoms with E-state index < -0.39 is 82.3 Å². The minimum atomic E-state index is -5.09. The van der Waals surface area contributed by atoms with Crippen LogP contribution in [0.2, 0.25) is 0 Å². The molecule has 1 saturated heterocycles. The van der Waals surface area contributed by atoms with Crippen LogP contribution in [0.3, 0.4) is 0 Å². The first-order valence-electron chi connectivity index (χ1n) is 15.5. The van der Waals surface area contributed by atoms with Gasteiger partial charge in [0.1, 0.15) is 11.5 Å². The van der Waals surface area contributed by atoms with Crippen LogP contribution in [-0.4, -0.2) is 53.0 Å². The van der Waals surface area contributed by atoms with Gasteiger partial charge in [-0.3, -0.25) is 19.2 Å². The summed E-state index contributed by atoms with van der Waals surface area (Å²) in [6.45, 7) is 0. The molecule has 4 aliphatic rings. The van der Waals surface area contributed by atoms with Gasteiger partial charge in [0, 0.05) is 23.0 Å². The number of likely N-dealkylation sites (tertiary alicyclic amines) is 1. The van der Waals surface area contributed by atoms with Crippen LogP contribution in [0.15, 0.2) is 96.6 Å². The summed E-state index contributed by atoms with van der Waals surface area (Å²) in [6, 6.07) is 19.8. The third-order valence-electron chi connectivity index (χ3n) is 10.3. The zero-order chi connectivity index (χ0) is 34.8. The smallest absolute Gasteiger partial charge is 0.508 e. The standard InChI is InChI=1S/C37H28F3NO8/c1-48-35(47)41-33(45)23-14-13-22-25(30(23)34(41)46)17-27-32(44)24(19-8-4-2-5-9-19)18-29(43)36(27,20-10-6-3-7-11-20)31(22)26-16-21(12-15-28(26)42)49-37(38,39)40/h2-13,15-16,18,23,25,27,30-31,42H,14,17H2,1H3. The molecular formula is C37H28F3NO8. The van der Waals surface area contributed by atoms with E-state index in [0.29, 0.717) is 21.6 Å². The van der Waals surface area contributed by atoms with Crippen LogP contribution in [0.5, 0.6) is 11.5 Å². The quantitative estimate of drug-likeness (QED) is 0.269. The van der Waals surface area contributed by atoms with Crippen LogP contribution in [0.4, 0.5) is 18.0 Å². The summed E-state index contributed by atoms with van der Waals surface area (Å²) in [5.74, 6) is -9.29. The number of rotatable bonds is 4. The van der Waals surface area contributed by atoms with Crippen LogP contribution in [0.25, 0.3) is 5.57 Å². The number of nitrogens with zero attached hydrogens (tertiary/aromatic N) is 1. The highest BCUT2D eigenvalue weighted by atomic mass is 19.4. The van der Waals surface area contributed by atoms with E-state index in [4.69, 9.17) is 4.74 Å². The molecule has 3 aliphatic carbocycles. The van der Waals surface area contributed by atoms with Crippen molar-refractivity contribution in [3.8, 4) is 11.5 Å². The molecule has 6 atom stereocenters. The van der Waals surface area contributed by atoms with Crippen LogP contribution in [0.1, 0.15) is 35.4 Å². The van der Waals surface area contributed by atoms with E-state index in [1.807, 2.05) is 0 Å². The van der Waals surface area contributed by atoms with Gasteiger partial charge >= 0.3 is 12.5 Å². The van der Waals surface area contributed by atoms with Gasteiger partial charge in [-0.2, -0.15) is 4.90 Å². The maximum Gasteiger partial charge on any atom is 0.573 e. The number of carbonyl (C=O) groups excluding carboxylic acids is 5. The topological polar surface area (TPSA) is 127 Å². The van der Waals surface area contributed by atoms with Gasteiger partial charge in [-0.25, -0.2) is 4.79 Å². The molecule has 1 N–H and O–H groups in total. The van der Waals surface area contributed by atoms with Gasteiger partial charge in [0.25, 0.3) is 0 Å². The van der Waals surface area contributed by atoms with E-state index in [1.54, 1.807) is 66.7 Å². The maximum absolute atomic E-state index is 14.9. The number of carbonyl (C=O) groups is 5. The highest BCUT2D eigenvalue weighted by Crippen LogP contribution is 2.64. The van der Waals surface area contributed by atoms with E-state index in [9.17, 15) is 42.3 Å². The summed E-state index contributed by atoms with van der Waals surface area (Å²) in [7, 11) is 1.03. The number of hydrogen-bond acceptors (Lipinski definition) is 8. The number of phenolic OH excluding ortho intramolecular Hbond substituents is 1. The highest BCUT2D eigenvalue weighted by molar-refractivity contribution is 6.31. The van der Waals surface area contributed by atoms with E-state index in [2.05, 4.69) is 4.74 Å². The fourth-order valence-corrected chi connectivity index (χ4v) is 8.45. The number of benzene rings is 3. The van der Waals surface area contributed by atoms with Crippen molar-refractivity contribution in [1.82, 2.24) is 4.90 Å². The first-order chi connectivity index (χ1) is 23.4. The van der Waals surface area contributed by atoms with Crippen molar-refractivity contribution in [2.24, 2.45) is 23.7 Å². The predicted octanol–water partition coefficient (Wildman–Crippen LogP) is 5.88. The first kappa shape index (κ1) is 32.0. The van der Waals surface area contributed by atoms with Gasteiger partial charge in [0.05, 0.1) is 24.4 Å². The number of ether oxygens (including phenoxy) is 2. The zero-order valence-electron chi connectivity index (χ0n) is 25.8. The van der Waals surface area contributed by atoms with Crippen LogP contribution in [-0.2, 0) is 29.3 Å². The highest BCUT2D eigenvalue weighted by Gasteiger charge is 2.66. The molecular weight excluding hydrogens is 643 g/mol. The van der Waals surface area contributed by atoms with Crippen molar-refractivity contribution in [2.45, 2.75) is 30.5 Å². The Morgan fingerprint density at radius 2 is 1.59 bits per heavy atom. The molecule has 3 amide bonds. The van der Waals surface area contributed by atoms with Crippen molar-refractivity contribution in [2.75, 3.05) is 7.11 Å². The second-order valence-corrected chi connectivity index (χ2v) is 12.5. The van der Waals surface area contributed by atoms with Crippen LogP contribution < -0.4 is 4.74 Å². The lowest BCUT2D eigenvalue weighted by atomic mass is 9.44. The van der Waals surface area contributed by atoms with Crippen LogP contribution in [0, 0.1) is 23.7 Å². The molecule has 0 aromatic heterocycles. The maximum atomic E-state index is 14.9. The van der Waals surface area contributed by atoms with Crippen molar-refractivity contribution < 1.29 is 51.7 Å². The largest absolute Gasteiger partial charge is 0.573 e. The molecule has 3 aromatic rings. The number of allylic oxidation sites excluding steroid dienone is 4. The molecule has 1 heterocycles. The Labute approximate surface area is 277 Å². The van der Waals surface area contributed by atoms with Gasteiger partial charge in [-0.15, -0.1) is 13.2 Å². The number of Topliss-reactive ketones (excluding diaryl/α,β-unsaturated/α-hetero) is 1. The average Bonchev–Trinajstić information content (AvgIpc) is 3.35. The Morgan fingerprint density at radius 1 is 0.918 bits per heavy atom. The molecule has 49 heavy (non-hydrogen) atoms. The molecule has 250 valence electrons. The Kier molecular flexibility index (Phi) is 7.57. The molecule has 12 heteroatoms. The SMILES string of the molecule is COC(=O)N1C(=O)C2CC=C3C(CC4C(=O)C(c5ccccc5)=CC(=O)C4(c4ccccc4)C3c3cc(OC(F)(F)F)ccc3O)C2C1=O. The van der Waals surface area contributed by atoms with E-state index in [0.717, 1.165) is 25.3 Å². The minimum Gasteiger partial charge on any atom is -0.508 e. The molecule has 3 aromatic carbocycles. The number of alkyl halides is 3. The van der Waals surface area contributed by atoms with Gasteiger partial charge < -0.3 is 14.6 Å². The van der Waals surface area contributed by atoms with Gasteiger partial charge in [0.2, 0.25) is 11.8 Å². The Bertz CT molecular complexity index is 1970. The number of hydrogen-bond donors (Lipinski definition) is 1. The molecule has 9 nitrogen and oxygen atoms in total. The van der Waals surface area contributed by atoms with E-state index in [-0.39, 0.29) is 24.0 Å². The summed E-state index contributed by atoms with van der Waals surface area (Å²) in [5, 5.41) is 11.4. The predicted molar refractivity (Wildman–Crippen MR) is 166 cm³/mol. The summed E-state index contributed by atoms with van der Waals surface area (Å²) < 4.78 is 49.3. The number of halogens is 3. The second-order valence-electron chi connectivity index (χ2n) is 12.5. The Balaban J connectivity index is 1.51. The van der Waals surface area contributed by atoms with Crippen LogP contribution >= 0.6 is 0 Å². The van der Waals surface area contributed by atoms with Crippen molar-refractivity contribution >= 4 is 35.0 Å². The monoisotopic (exact) mass is 671 g/mol. The van der Waals surface area contributed by atoms with Gasteiger partial charge in [-0.05, 0) is 54.2 Å². The summed E-state index contributed by atoms with van der Waals surface area (Å²) in [6.07, 6.45) is -3.51. The number of imide groups is 3. The average molecular weight is 672 g/mol. The number of aromatic hydroxyl groups is 1. The molecule has 2 fully saturated rings. The summed E-state index contributed by atoms with van der Waals surface area (Å²) in [4.78, 5) is 70.1.